The number of piperazine rings is 1. The van der Waals surface area contributed by atoms with E-state index in [2.05, 4.69) is 10.6 Å². The van der Waals surface area contributed by atoms with E-state index in [1.807, 2.05) is 12.1 Å². The average molecular weight is 396 g/mol. The molecule has 0 atom stereocenters. The monoisotopic (exact) mass is 395 g/mol. The van der Waals surface area contributed by atoms with E-state index >= 15 is 0 Å². The van der Waals surface area contributed by atoms with Gasteiger partial charge in [-0.05, 0) is 74.0 Å². The smallest absolute Gasteiger partial charge is 0.254 e. The van der Waals surface area contributed by atoms with Crippen molar-refractivity contribution < 1.29 is 14.4 Å². The van der Waals surface area contributed by atoms with E-state index in [-0.39, 0.29) is 29.7 Å². The number of benzene rings is 1. The van der Waals surface area contributed by atoms with Crippen LogP contribution in [0.5, 0.6) is 0 Å². The van der Waals surface area contributed by atoms with Crippen LogP contribution in [0.25, 0.3) is 0 Å². The Labute approximate surface area is 171 Å². The zero-order valence-electron chi connectivity index (χ0n) is 16.8. The third kappa shape index (κ3) is 3.53. The summed E-state index contributed by atoms with van der Waals surface area (Å²) in [6.45, 7) is 1.65. The lowest BCUT2D eigenvalue weighted by Gasteiger charge is -2.55. The van der Waals surface area contributed by atoms with Crippen molar-refractivity contribution in [3.8, 4) is 0 Å². The summed E-state index contributed by atoms with van der Waals surface area (Å²) in [6, 6.07) is 7.39. The molecule has 0 unspecified atom stereocenters. The quantitative estimate of drug-likeness (QED) is 0.819. The molecular formula is C23H29N3O3. The molecule has 1 heterocycles. The van der Waals surface area contributed by atoms with Gasteiger partial charge in [-0.25, -0.2) is 0 Å². The zero-order valence-corrected chi connectivity index (χ0v) is 16.8. The van der Waals surface area contributed by atoms with Crippen LogP contribution in [-0.4, -0.2) is 42.3 Å². The third-order valence-electron chi connectivity index (χ3n) is 7.50. The van der Waals surface area contributed by atoms with Gasteiger partial charge in [0.1, 0.15) is 0 Å². The molecule has 29 heavy (non-hydrogen) atoms. The SMILES string of the molecule is O=C1CN(C(=O)c2ccc(CNC(=O)C34CC5CC(CC(C5)C3)C4)cc2)CCN1. The lowest BCUT2D eigenvalue weighted by molar-refractivity contribution is -0.146. The Morgan fingerprint density at radius 1 is 1.03 bits per heavy atom. The highest BCUT2D eigenvalue weighted by Gasteiger charge is 2.54. The standard InChI is InChI=1S/C23H29N3O3/c27-20-14-26(6-5-24-20)21(28)19-3-1-15(2-4-19)13-25-22(29)23-10-16-7-17(11-23)9-18(8-16)12-23/h1-4,16-18H,5-14H2,(H,24,27)(H,25,29). The van der Waals surface area contributed by atoms with Gasteiger partial charge in [-0.15, -0.1) is 0 Å². The number of carbonyl (C=O) groups is 3. The van der Waals surface area contributed by atoms with Crippen molar-refractivity contribution in [2.45, 2.75) is 45.1 Å². The van der Waals surface area contributed by atoms with Gasteiger partial charge in [0.25, 0.3) is 5.91 Å². The number of nitrogens with one attached hydrogen (secondary N) is 2. The van der Waals surface area contributed by atoms with Crippen molar-refractivity contribution in [2.24, 2.45) is 23.2 Å². The van der Waals surface area contributed by atoms with Crippen LogP contribution in [0.3, 0.4) is 0 Å². The Morgan fingerprint density at radius 2 is 1.66 bits per heavy atom. The number of nitrogens with zero attached hydrogens (tertiary/aromatic N) is 1. The Kier molecular flexibility index (Phi) is 4.60. The molecule has 0 spiro atoms. The Balaban J connectivity index is 1.19. The first kappa shape index (κ1) is 18.6. The van der Waals surface area contributed by atoms with Crippen LogP contribution >= 0.6 is 0 Å². The highest BCUT2D eigenvalue weighted by molar-refractivity contribution is 5.97. The zero-order chi connectivity index (χ0) is 20.0. The van der Waals surface area contributed by atoms with Crippen LogP contribution in [0.15, 0.2) is 24.3 Å². The normalized spacial score (nSPS) is 32.8. The molecule has 5 fully saturated rings. The van der Waals surface area contributed by atoms with Crippen LogP contribution in [0.2, 0.25) is 0 Å². The second kappa shape index (κ2) is 7.15. The molecule has 1 aliphatic heterocycles. The molecule has 6 rings (SSSR count). The molecule has 154 valence electrons. The summed E-state index contributed by atoms with van der Waals surface area (Å²) in [5, 5.41) is 5.92. The molecule has 0 aromatic heterocycles. The van der Waals surface area contributed by atoms with Crippen molar-refractivity contribution in [3.05, 3.63) is 35.4 Å². The highest BCUT2D eigenvalue weighted by atomic mass is 16.2. The minimum absolute atomic E-state index is 0.113. The van der Waals surface area contributed by atoms with E-state index in [1.54, 1.807) is 17.0 Å². The molecule has 1 aromatic carbocycles. The van der Waals surface area contributed by atoms with Crippen LogP contribution in [0.4, 0.5) is 0 Å². The maximum atomic E-state index is 13.1. The summed E-state index contributed by atoms with van der Waals surface area (Å²) < 4.78 is 0. The van der Waals surface area contributed by atoms with E-state index in [1.165, 1.54) is 19.3 Å². The molecule has 0 radical (unpaired) electrons. The number of rotatable bonds is 4. The Morgan fingerprint density at radius 3 is 2.24 bits per heavy atom. The lowest BCUT2D eigenvalue weighted by Crippen LogP contribution is -2.53. The van der Waals surface area contributed by atoms with Crippen LogP contribution < -0.4 is 10.6 Å². The molecule has 4 saturated carbocycles. The summed E-state index contributed by atoms with van der Waals surface area (Å²) in [6.07, 6.45) is 7.22. The predicted octanol–water partition coefficient (Wildman–Crippen LogP) is 2.09. The van der Waals surface area contributed by atoms with Gasteiger partial charge in [0, 0.05) is 30.6 Å². The summed E-state index contributed by atoms with van der Waals surface area (Å²) in [4.78, 5) is 38.7. The third-order valence-corrected chi connectivity index (χ3v) is 7.50. The molecule has 3 amide bonds. The van der Waals surface area contributed by atoms with Gasteiger partial charge in [0.05, 0.1) is 6.54 Å². The summed E-state index contributed by atoms with van der Waals surface area (Å²) in [5.41, 5.74) is 1.45. The fourth-order valence-electron chi connectivity index (χ4n) is 6.52. The van der Waals surface area contributed by atoms with Crippen molar-refractivity contribution in [2.75, 3.05) is 19.6 Å². The second-order valence-electron chi connectivity index (χ2n) is 9.65. The number of carbonyl (C=O) groups excluding carboxylic acids is 3. The van der Waals surface area contributed by atoms with E-state index in [0.29, 0.717) is 25.2 Å². The second-order valence-corrected chi connectivity index (χ2v) is 9.65. The topological polar surface area (TPSA) is 78.5 Å². The van der Waals surface area contributed by atoms with Crippen LogP contribution in [0, 0.1) is 23.2 Å². The van der Waals surface area contributed by atoms with Crippen molar-refractivity contribution in [3.63, 3.8) is 0 Å². The van der Waals surface area contributed by atoms with Gasteiger partial charge in [0.15, 0.2) is 0 Å². The van der Waals surface area contributed by atoms with Gasteiger partial charge in [0.2, 0.25) is 11.8 Å². The predicted molar refractivity (Wildman–Crippen MR) is 108 cm³/mol. The van der Waals surface area contributed by atoms with Crippen molar-refractivity contribution >= 4 is 17.7 Å². The molecule has 4 bridgehead atoms. The van der Waals surface area contributed by atoms with E-state index < -0.39 is 0 Å². The maximum Gasteiger partial charge on any atom is 0.254 e. The van der Waals surface area contributed by atoms with Gasteiger partial charge < -0.3 is 15.5 Å². The average Bonchev–Trinajstić information content (AvgIpc) is 2.71. The molecule has 2 N–H and O–H groups in total. The molecule has 4 aliphatic carbocycles. The first-order valence-electron chi connectivity index (χ1n) is 10.9. The summed E-state index contributed by atoms with van der Waals surface area (Å²) in [5.74, 6) is 2.27. The van der Waals surface area contributed by atoms with E-state index in [0.717, 1.165) is 42.6 Å². The maximum absolute atomic E-state index is 13.1. The molecule has 6 nitrogen and oxygen atoms in total. The largest absolute Gasteiger partial charge is 0.353 e. The number of hydrogen-bond acceptors (Lipinski definition) is 3. The van der Waals surface area contributed by atoms with Crippen LogP contribution in [-0.2, 0) is 16.1 Å². The fourth-order valence-corrected chi connectivity index (χ4v) is 6.52. The van der Waals surface area contributed by atoms with E-state index in [9.17, 15) is 14.4 Å². The molecule has 6 heteroatoms. The minimum atomic E-state index is -0.126. The van der Waals surface area contributed by atoms with E-state index in [4.69, 9.17) is 0 Å². The van der Waals surface area contributed by atoms with Gasteiger partial charge in [-0.3, -0.25) is 14.4 Å². The summed E-state index contributed by atoms with van der Waals surface area (Å²) >= 11 is 0. The Bertz CT molecular complexity index is 797. The number of hydrogen-bond donors (Lipinski definition) is 2. The first-order chi connectivity index (χ1) is 14.0. The lowest BCUT2D eigenvalue weighted by atomic mass is 9.49. The number of amides is 3. The summed E-state index contributed by atoms with van der Waals surface area (Å²) in [7, 11) is 0. The van der Waals surface area contributed by atoms with Gasteiger partial charge >= 0.3 is 0 Å². The molecule has 5 aliphatic rings. The first-order valence-corrected chi connectivity index (χ1v) is 10.9. The van der Waals surface area contributed by atoms with Gasteiger partial charge in [-0.1, -0.05) is 12.1 Å². The van der Waals surface area contributed by atoms with Crippen LogP contribution in [0.1, 0.15) is 54.4 Å². The molecule has 1 saturated heterocycles. The highest BCUT2D eigenvalue weighted by Crippen LogP contribution is 2.60. The van der Waals surface area contributed by atoms with Gasteiger partial charge in [-0.2, -0.15) is 0 Å². The molecule has 1 aromatic rings. The fraction of sp³-hybridized carbons (Fsp3) is 0.609. The van der Waals surface area contributed by atoms with Crippen molar-refractivity contribution in [1.82, 2.24) is 15.5 Å². The molecular weight excluding hydrogens is 366 g/mol. The van der Waals surface area contributed by atoms with Crippen molar-refractivity contribution in [1.29, 1.82) is 0 Å². The Hall–Kier alpha value is -2.37. The minimum Gasteiger partial charge on any atom is -0.353 e.